The van der Waals surface area contributed by atoms with Gasteiger partial charge >= 0.3 is 0 Å². The number of nitrogens with zero attached hydrogens (tertiary/aromatic N) is 1. The van der Waals surface area contributed by atoms with E-state index in [0.29, 0.717) is 29.3 Å². The number of hydrogen-bond acceptors (Lipinski definition) is 3. The Morgan fingerprint density at radius 3 is 2.42 bits per heavy atom. The lowest BCUT2D eigenvalue weighted by atomic mass is 9.98. The van der Waals surface area contributed by atoms with E-state index in [9.17, 15) is 14.0 Å². The highest BCUT2D eigenvalue weighted by Crippen LogP contribution is 2.30. The number of carbonyl (C=O) groups excluding carboxylic acids is 2. The molecule has 0 saturated carbocycles. The van der Waals surface area contributed by atoms with Crippen molar-refractivity contribution < 1.29 is 14.0 Å². The zero-order valence-corrected chi connectivity index (χ0v) is 18.9. The number of nitrogens with one attached hydrogen (secondary N) is 2. The number of carbonyl (C=O) groups is 2. The van der Waals surface area contributed by atoms with E-state index in [1.54, 1.807) is 12.1 Å². The minimum Gasteiger partial charge on any atom is -0.366 e. The maximum absolute atomic E-state index is 13.2. The van der Waals surface area contributed by atoms with E-state index in [1.807, 2.05) is 26.0 Å². The van der Waals surface area contributed by atoms with Crippen LogP contribution in [-0.2, 0) is 13.0 Å². The van der Waals surface area contributed by atoms with Gasteiger partial charge in [-0.2, -0.15) is 0 Å². The summed E-state index contributed by atoms with van der Waals surface area (Å²) in [6, 6.07) is 19.1. The smallest absolute Gasteiger partial charge is 0.255 e. The monoisotopic (exact) mass is 445 g/mol. The van der Waals surface area contributed by atoms with Crippen molar-refractivity contribution in [2.75, 3.05) is 23.3 Å². The van der Waals surface area contributed by atoms with Crippen LogP contribution in [-0.4, -0.2) is 24.9 Å². The quantitative estimate of drug-likeness (QED) is 0.560. The zero-order valence-electron chi connectivity index (χ0n) is 18.9. The Morgan fingerprint density at radius 2 is 1.70 bits per heavy atom. The zero-order chi connectivity index (χ0) is 23.4. The third-order valence-corrected chi connectivity index (χ3v) is 5.75. The fourth-order valence-electron chi connectivity index (χ4n) is 3.97. The Morgan fingerprint density at radius 1 is 0.970 bits per heavy atom. The van der Waals surface area contributed by atoms with Crippen LogP contribution in [0.2, 0.25) is 0 Å². The number of halogens is 1. The third-order valence-electron chi connectivity index (χ3n) is 5.75. The van der Waals surface area contributed by atoms with Gasteiger partial charge < -0.3 is 15.5 Å². The number of fused-ring (bicyclic) bond motifs is 1. The van der Waals surface area contributed by atoms with E-state index in [1.165, 1.54) is 35.4 Å². The van der Waals surface area contributed by atoms with Crippen LogP contribution in [0.5, 0.6) is 0 Å². The minimum absolute atomic E-state index is 0.171. The molecule has 5 nitrogen and oxygen atoms in total. The standard InChI is InChI=1S/C27H28FN3O2/c1-18(2)16-29-27(33)24-15-23(30-26(32)20-7-9-22(28)10-8-20)11-12-25(24)31-14-13-19-5-3-4-6-21(19)17-31/h3-12,15,18H,13-14,16-17H2,1-2H3,(H,29,33)(H,30,32). The summed E-state index contributed by atoms with van der Waals surface area (Å²) in [4.78, 5) is 27.9. The topological polar surface area (TPSA) is 61.4 Å². The first-order chi connectivity index (χ1) is 15.9. The summed E-state index contributed by atoms with van der Waals surface area (Å²) in [5.41, 5.74) is 4.81. The van der Waals surface area contributed by atoms with Gasteiger partial charge in [-0.25, -0.2) is 4.39 Å². The summed E-state index contributed by atoms with van der Waals surface area (Å²) in [5, 5.41) is 5.82. The molecule has 170 valence electrons. The van der Waals surface area contributed by atoms with Crippen LogP contribution in [0.4, 0.5) is 15.8 Å². The van der Waals surface area contributed by atoms with Crippen LogP contribution in [0.3, 0.4) is 0 Å². The molecule has 33 heavy (non-hydrogen) atoms. The molecule has 0 atom stereocenters. The van der Waals surface area contributed by atoms with Gasteiger partial charge in [-0.05, 0) is 65.9 Å². The molecule has 0 bridgehead atoms. The largest absolute Gasteiger partial charge is 0.366 e. The van der Waals surface area contributed by atoms with Crippen molar-refractivity contribution in [1.29, 1.82) is 0 Å². The number of hydrogen-bond donors (Lipinski definition) is 2. The summed E-state index contributed by atoms with van der Waals surface area (Å²) in [7, 11) is 0. The normalized spacial score (nSPS) is 12.9. The highest BCUT2D eigenvalue weighted by atomic mass is 19.1. The Hall–Kier alpha value is -3.67. The van der Waals surface area contributed by atoms with Gasteiger partial charge in [0, 0.05) is 36.6 Å². The van der Waals surface area contributed by atoms with E-state index in [4.69, 9.17) is 0 Å². The van der Waals surface area contributed by atoms with Crippen molar-refractivity contribution in [2.45, 2.75) is 26.8 Å². The van der Waals surface area contributed by atoms with Gasteiger partial charge in [0.25, 0.3) is 11.8 Å². The van der Waals surface area contributed by atoms with Gasteiger partial charge in [-0.15, -0.1) is 0 Å². The Labute approximate surface area is 193 Å². The maximum Gasteiger partial charge on any atom is 0.255 e. The highest BCUT2D eigenvalue weighted by Gasteiger charge is 2.22. The third kappa shape index (κ3) is 5.40. The maximum atomic E-state index is 13.2. The molecule has 3 aromatic carbocycles. The molecular weight excluding hydrogens is 417 g/mol. The van der Waals surface area contributed by atoms with Gasteiger partial charge in [0.2, 0.25) is 0 Å². The van der Waals surface area contributed by atoms with Crippen LogP contribution in [0.1, 0.15) is 45.7 Å². The van der Waals surface area contributed by atoms with Crippen LogP contribution in [0, 0.1) is 11.7 Å². The molecule has 1 aliphatic heterocycles. The van der Waals surface area contributed by atoms with Crippen LogP contribution < -0.4 is 15.5 Å². The first kappa shape index (κ1) is 22.5. The van der Waals surface area contributed by atoms with Crippen molar-refractivity contribution in [3.05, 3.63) is 94.8 Å². The van der Waals surface area contributed by atoms with Gasteiger partial charge in [-0.3, -0.25) is 9.59 Å². The van der Waals surface area contributed by atoms with E-state index in [0.717, 1.165) is 25.2 Å². The van der Waals surface area contributed by atoms with E-state index in [-0.39, 0.29) is 11.8 Å². The van der Waals surface area contributed by atoms with Crippen molar-refractivity contribution in [2.24, 2.45) is 5.92 Å². The van der Waals surface area contributed by atoms with Crippen LogP contribution in [0.15, 0.2) is 66.7 Å². The highest BCUT2D eigenvalue weighted by molar-refractivity contribution is 6.06. The number of benzene rings is 3. The number of anilines is 2. The first-order valence-corrected chi connectivity index (χ1v) is 11.2. The molecule has 2 amide bonds. The average molecular weight is 446 g/mol. The Bertz CT molecular complexity index is 1160. The molecule has 6 heteroatoms. The first-order valence-electron chi connectivity index (χ1n) is 11.2. The second-order valence-corrected chi connectivity index (χ2v) is 8.74. The molecule has 1 heterocycles. The van der Waals surface area contributed by atoms with Gasteiger partial charge in [0.1, 0.15) is 5.82 Å². The fraction of sp³-hybridized carbons (Fsp3) is 0.259. The second-order valence-electron chi connectivity index (χ2n) is 8.74. The second kappa shape index (κ2) is 9.86. The van der Waals surface area contributed by atoms with Crippen molar-refractivity contribution in [3.8, 4) is 0 Å². The molecule has 0 saturated heterocycles. The Balaban J connectivity index is 1.61. The predicted octanol–water partition coefficient (Wildman–Crippen LogP) is 5.03. The van der Waals surface area contributed by atoms with Gasteiger partial charge in [0.05, 0.1) is 5.56 Å². The number of amides is 2. The summed E-state index contributed by atoms with van der Waals surface area (Å²) in [6.07, 6.45) is 0.909. The summed E-state index contributed by atoms with van der Waals surface area (Å²) in [5.74, 6) is -0.609. The molecule has 3 aromatic rings. The molecule has 4 rings (SSSR count). The molecular formula is C27H28FN3O2. The minimum atomic E-state index is -0.400. The van der Waals surface area contributed by atoms with Crippen molar-refractivity contribution in [1.82, 2.24) is 5.32 Å². The summed E-state index contributed by atoms with van der Waals surface area (Å²) in [6.45, 7) is 6.18. The molecule has 0 radical (unpaired) electrons. The molecule has 0 spiro atoms. The lowest BCUT2D eigenvalue weighted by molar-refractivity contribution is 0.0948. The molecule has 0 aromatic heterocycles. The van der Waals surface area contributed by atoms with E-state index in [2.05, 4.69) is 33.7 Å². The van der Waals surface area contributed by atoms with Crippen LogP contribution in [0.25, 0.3) is 0 Å². The molecule has 0 fully saturated rings. The lowest BCUT2D eigenvalue weighted by Crippen LogP contribution is -2.34. The summed E-state index contributed by atoms with van der Waals surface area (Å²) >= 11 is 0. The molecule has 0 aliphatic carbocycles. The SMILES string of the molecule is CC(C)CNC(=O)c1cc(NC(=O)c2ccc(F)cc2)ccc1N1CCc2ccccc2C1. The van der Waals surface area contributed by atoms with Crippen molar-refractivity contribution in [3.63, 3.8) is 0 Å². The van der Waals surface area contributed by atoms with E-state index >= 15 is 0 Å². The predicted molar refractivity (Wildman–Crippen MR) is 129 cm³/mol. The summed E-state index contributed by atoms with van der Waals surface area (Å²) < 4.78 is 13.2. The van der Waals surface area contributed by atoms with Crippen molar-refractivity contribution >= 4 is 23.2 Å². The van der Waals surface area contributed by atoms with Gasteiger partial charge in [-0.1, -0.05) is 38.1 Å². The average Bonchev–Trinajstić information content (AvgIpc) is 2.82. The number of rotatable bonds is 6. The molecule has 0 unspecified atom stereocenters. The lowest BCUT2D eigenvalue weighted by Gasteiger charge is -2.32. The Kier molecular flexibility index (Phi) is 6.73. The van der Waals surface area contributed by atoms with E-state index < -0.39 is 5.82 Å². The van der Waals surface area contributed by atoms with Gasteiger partial charge in [0.15, 0.2) is 0 Å². The molecule has 2 N–H and O–H groups in total. The van der Waals surface area contributed by atoms with Crippen LogP contribution >= 0.6 is 0 Å². The molecule has 1 aliphatic rings. The fourth-order valence-corrected chi connectivity index (χ4v) is 3.97.